The van der Waals surface area contributed by atoms with E-state index in [9.17, 15) is 14.4 Å². The van der Waals surface area contributed by atoms with Crippen molar-refractivity contribution in [3.63, 3.8) is 0 Å². The summed E-state index contributed by atoms with van der Waals surface area (Å²) in [5, 5.41) is 5.72. The molecule has 0 radical (unpaired) electrons. The number of para-hydroxylation sites is 2. The summed E-state index contributed by atoms with van der Waals surface area (Å²) in [7, 11) is 0. The molecule has 0 bridgehead atoms. The predicted molar refractivity (Wildman–Crippen MR) is 118 cm³/mol. The molecule has 4 amide bonds. The van der Waals surface area contributed by atoms with Gasteiger partial charge in [0.2, 0.25) is 11.9 Å². The summed E-state index contributed by atoms with van der Waals surface area (Å²) >= 11 is 0. The van der Waals surface area contributed by atoms with Gasteiger partial charge in [-0.25, -0.2) is 9.78 Å². The molecule has 1 saturated heterocycles. The monoisotopic (exact) mass is 425 g/mol. The van der Waals surface area contributed by atoms with Gasteiger partial charge in [0.15, 0.2) is 0 Å². The number of aryl methyl sites for hydroxylation is 1. The molecular weight excluding hydrogens is 394 g/mol. The highest BCUT2D eigenvalue weighted by molar-refractivity contribution is 6.10. The Morgan fingerprint density at radius 2 is 2.00 bits per heavy atom. The fraction of sp³-hybridized carbons (Fsp3) is 0.565. The number of benzene rings is 1. The van der Waals surface area contributed by atoms with Crippen molar-refractivity contribution in [2.45, 2.75) is 65.5 Å². The van der Waals surface area contributed by atoms with Gasteiger partial charge in [0.1, 0.15) is 12.1 Å². The van der Waals surface area contributed by atoms with Crippen LogP contribution < -0.4 is 10.6 Å². The SMILES string of the molecule is CCCn1c(NC(=O)CN2C(=O)N[C@@]3(C[C@@H](C)CC(C)(C)C3)C2=O)nc2ccccc21. The van der Waals surface area contributed by atoms with Crippen molar-refractivity contribution in [1.82, 2.24) is 19.8 Å². The highest BCUT2D eigenvalue weighted by atomic mass is 16.2. The van der Waals surface area contributed by atoms with E-state index in [1.165, 1.54) is 0 Å². The lowest BCUT2D eigenvalue weighted by Gasteiger charge is -2.43. The Hall–Kier alpha value is -2.90. The minimum atomic E-state index is -0.909. The molecule has 2 aromatic rings. The van der Waals surface area contributed by atoms with Gasteiger partial charge in [-0.15, -0.1) is 0 Å². The zero-order chi connectivity index (χ0) is 22.4. The number of imide groups is 1. The van der Waals surface area contributed by atoms with E-state index in [4.69, 9.17) is 0 Å². The van der Waals surface area contributed by atoms with Crippen LogP contribution in [0.15, 0.2) is 24.3 Å². The van der Waals surface area contributed by atoms with E-state index in [1.807, 2.05) is 28.8 Å². The second-order valence-corrected chi connectivity index (χ2v) is 9.88. The summed E-state index contributed by atoms with van der Waals surface area (Å²) in [6.07, 6.45) is 3.07. The first-order chi connectivity index (χ1) is 14.6. The molecule has 1 aliphatic carbocycles. The van der Waals surface area contributed by atoms with Crippen molar-refractivity contribution in [1.29, 1.82) is 0 Å². The summed E-state index contributed by atoms with van der Waals surface area (Å²) in [6.45, 7) is 8.79. The van der Waals surface area contributed by atoms with Crippen LogP contribution in [0.1, 0.15) is 53.4 Å². The quantitative estimate of drug-likeness (QED) is 0.717. The van der Waals surface area contributed by atoms with Crippen molar-refractivity contribution in [3.8, 4) is 0 Å². The maximum atomic E-state index is 13.3. The lowest BCUT2D eigenvalue weighted by Crippen LogP contribution is -2.54. The second-order valence-electron chi connectivity index (χ2n) is 9.88. The first-order valence-electron chi connectivity index (χ1n) is 11.0. The number of hydrogen-bond acceptors (Lipinski definition) is 4. The van der Waals surface area contributed by atoms with E-state index in [1.54, 1.807) is 0 Å². The fourth-order valence-electron chi connectivity index (χ4n) is 5.58. The number of imidazole rings is 1. The number of nitrogens with one attached hydrogen (secondary N) is 2. The van der Waals surface area contributed by atoms with E-state index in [2.05, 4.69) is 43.3 Å². The summed E-state index contributed by atoms with van der Waals surface area (Å²) in [4.78, 5) is 44.3. The van der Waals surface area contributed by atoms with E-state index in [0.29, 0.717) is 31.3 Å². The first-order valence-corrected chi connectivity index (χ1v) is 11.0. The molecule has 2 N–H and O–H groups in total. The van der Waals surface area contributed by atoms with E-state index < -0.39 is 17.5 Å². The maximum absolute atomic E-state index is 13.3. The van der Waals surface area contributed by atoms with Crippen LogP contribution in [-0.4, -0.2) is 44.4 Å². The largest absolute Gasteiger partial charge is 0.325 e. The molecule has 1 aromatic carbocycles. The molecule has 0 unspecified atom stereocenters. The van der Waals surface area contributed by atoms with Gasteiger partial charge in [-0.2, -0.15) is 0 Å². The van der Waals surface area contributed by atoms with Crippen LogP contribution in [0.2, 0.25) is 0 Å². The maximum Gasteiger partial charge on any atom is 0.325 e. The minimum absolute atomic E-state index is 0.0517. The third-order valence-corrected chi connectivity index (χ3v) is 6.28. The molecule has 2 atom stereocenters. The number of fused-ring (bicyclic) bond motifs is 1. The van der Waals surface area contributed by atoms with Gasteiger partial charge >= 0.3 is 6.03 Å². The van der Waals surface area contributed by atoms with E-state index in [0.717, 1.165) is 28.8 Å². The van der Waals surface area contributed by atoms with Gasteiger partial charge in [0.05, 0.1) is 11.0 Å². The summed E-state index contributed by atoms with van der Waals surface area (Å²) < 4.78 is 1.95. The summed E-state index contributed by atoms with van der Waals surface area (Å²) in [6, 6.07) is 7.19. The Morgan fingerprint density at radius 3 is 2.71 bits per heavy atom. The van der Waals surface area contributed by atoms with E-state index in [-0.39, 0.29) is 17.9 Å². The minimum Gasteiger partial charge on any atom is -0.323 e. The topological polar surface area (TPSA) is 96.3 Å². The number of hydrogen-bond donors (Lipinski definition) is 2. The number of urea groups is 1. The van der Waals surface area contributed by atoms with Gasteiger partial charge in [0, 0.05) is 6.54 Å². The molecule has 2 heterocycles. The summed E-state index contributed by atoms with van der Waals surface area (Å²) in [5.41, 5.74) is 0.767. The Labute approximate surface area is 182 Å². The molecule has 4 rings (SSSR count). The highest BCUT2D eigenvalue weighted by Crippen LogP contribution is 2.46. The van der Waals surface area contributed by atoms with Crippen molar-refractivity contribution >= 4 is 34.8 Å². The predicted octanol–water partition coefficient (Wildman–Crippen LogP) is 3.52. The lowest BCUT2D eigenvalue weighted by atomic mass is 9.64. The molecule has 1 spiro atoms. The first kappa shape index (κ1) is 21.3. The van der Waals surface area contributed by atoms with Gasteiger partial charge in [-0.05, 0) is 49.1 Å². The van der Waals surface area contributed by atoms with Crippen LogP contribution >= 0.6 is 0 Å². The van der Waals surface area contributed by atoms with Crippen molar-refractivity contribution in [2.75, 3.05) is 11.9 Å². The molecule has 1 aliphatic heterocycles. The van der Waals surface area contributed by atoms with Gasteiger partial charge < -0.3 is 9.88 Å². The summed E-state index contributed by atoms with van der Waals surface area (Å²) in [5.74, 6) is 0.0172. The average molecular weight is 426 g/mol. The number of nitrogens with zero attached hydrogens (tertiary/aromatic N) is 3. The van der Waals surface area contributed by atoms with Crippen LogP contribution in [0, 0.1) is 11.3 Å². The zero-order valence-electron chi connectivity index (χ0n) is 18.7. The number of amides is 4. The second kappa shape index (κ2) is 7.66. The molecular formula is C23H31N5O3. The molecule has 8 nitrogen and oxygen atoms in total. The third-order valence-electron chi connectivity index (χ3n) is 6.28. The number of carbonyl (C=O) groups excluding carboxylic acids is 3. The molecule has 31 heavy (non-hydrogen) atoms. The van der Waals surface area contributed by atoms with E-state index >= 15 is 0 Å². The molecule has 8 heteroatoms. The number of aromatic nitrogens is 2. The lowest BCUT2D eigenvalue weighted by molar-refractivity contribution is -0.136. The van der Waals surface area contributed by atoms with Crippen LogP contribution in [0.5, 0.6) is 0 Å². The average Bonchev–Trinajstić information content (AvgIpc) is 3.10. The number of carbonyl (C=O) groups is 3. The Morgan fingerprint density at radius 1 is 1.26 bits per heavy atom. The molecule has 1 saturated carbocycles. The number of anilines is 1. The Kier molecular flexibility index (Phi) is 5.27. The van der Waals surface area contributed by atoms with Crippen LogP contribution in [0.3, 0.4) is 0 Å². The van der Waals surface area contributed by atoms with Crippen LogP contribution in [-0.2, 0) is 16.1 Å². The third kappa shape index (κ3) is 3.91. The Balaban J connectivity index is 1.52. The van der Waals surface area contributed by atoms with Crippen molar-refractivity contribution in [3.05, 3.63) is 24.3 Å². The number of rotatable bonds is 5. The van der Waals surface area contributed by atoms with Gasteiger partial charge in [-0.1, -0.05) is 39.8 Å². The molecule has 2 aliphatic rings. The van der Waals surface area contributed by atoms with Gasteiger partial charge in [-0.3, -0.25) is 19.8 Å². The van der Waals surface area contributed by atoms with Crippen LogP contribution in [0.25, 0.3) is 11.0 Å². The van der Waals surface area contributed by atoms with Crippen LogP contribution in [0.4, 0.5) is 10.7 Å². The molecule has 1 aromatic heterocycles. The molecule has 2 fully saturated rings. The zero-order valence-corrected chi connectivity index (χ0v) is 18.7. The fourth-order valence-corrected chi connectivity index (χ4v) is 5.58. The van der Waals surface area contributed by atoms with Gasteiger partial charge in [0.25, 0.3) is 5.91 Å². The van der Waals surface area contributed by atoms with Crippen molar-refractivity contribution < 1.29 is 14.4 Å². The standard InChI is InChI=1S/C23H31N5O3/c1-5-10-27-17-9-7-6-8-16(17)24-20(27)25-18(29)13-28-19(30)23(26-21(28)31)12-15(2)11-22(3,4)14-23/h6-9,15H,5,10-14H2,1-4H3,(H,26,31)(H,24,25,29)/t15-,23+/m0/s1. The Bertz CT molecular complexity index is 1040. The smallest absolute Gasteiger partial charge is 0.323 e. The highest BCUT2D eigenvalue weighted by Gasteiger charge is 2.56. The van der Waals surface area contributed by atoms with Crippen molar-refractivity contribution in [2.24, 2.45) is 11.3 Å². The molecule has 166 valence electrons. The normalized spacial score (nSPS) is 25.3.